The van der Waals surface area contributed by atoms with E-state index in [1.165, 1.54) is 12.2 Å². The van der Waals surface area contributed by atoms with Crippen molar-refractivity contribution in [2.24, 2.45) is 0 Å². The smallest absolute Gasteiger partial charge is 0.187 e. The van der Waals surface area contributed by atoms with Crippen LogP contribution in [0.3, 0.4) is 0 Å². The molecule has 0 amide bonds. The van der Waals surface area contributed by atoms with Gasteiger partial charge in [0.1, 0.15) is 61.0 Å². The molecule has 12 N–H and O–H groups in total. The third-order valence-corrected chi connectivity index (χ3v) is 6.48. The summed E-state index contributed by atoms with van der Waals surface area (Å²) in [5.41, 5.74) is 0.0702. The first kappa shape index (κ1) is 27.5. The van der Waals surface area contributed by atoms with E-state index in [-0.39, 0.29) is 11.1 Å². The molecular weight excluding hydrogens is 462 g/mol. The van der Waals surface area contributed by atoms with Crippen molar-refractivity contribution in [2.75, 3.05) is 19.8 Å². The van der Waals surface area contributed by atoms with Gasteiger partial charge in [0.25, 0.3) is 0 Å². The SMILES string of the molecule is OCC1=C[C@H](N[C@H]2C=C(CO)[C@@H](OC3OC(CO)C(O)C(O)C3O)[C@H](O)[C@H]2O)[C@H](O)[C@@H](O)[C@@H]1O. The number of ether oxygens (including phenoxy) is 2. The Morgan fingerprint density at radius 2 is 1.24 bits per heavy atom. The number of hydrogen-bond donors (Lipinski definition) is 12. The lowest BCUT2D eigenvalue weighted by atomic mass is 9.84. The van der Waals surface area contributed by atoms with Gasteiger partial charge in [-0.1, -0.05) is 12.2 Å². The number of hydrogen-bond acceptors (Lipinski definition) is 14. The summed E-state index contributed by atoms with van der Waals surface area (Å²) in [6.07, 6.45) is -14.8. The second-order valence-electron chi connectivity index (χ2n) is 8.68. The minimum atomic E-state index is -1.77. The molecule has 0 saturated carbocycles. The van der Waals surface area contributed by atoms with Crippen LogP contribution in [-0.4, -0.2) is 155 Å². The highest BCUT2D eigenvalue weighted by atomic mass is 16.7. The fraction of sp³-hybridized carbons (Fsp3) is 0.800. The van der Waals surface area contributed by atoms with Gasteiger partial charge in [0.05, 0.1) is 31.9 Å². The molecule has 14 heteroatoms. The van der Waals surface area contributed by atoms with E-state index in [9.17, 15) is 56.2 Å². The fourth-order valence-corrected chi connectivity index (χ4v) is 4.38. The number of aliphatic hydroxyl groups excluding tert-OH is 11. The van der Waals surface area contributed by atoms with E-state index in [2.05, 4.69) is 5.32 Å². The lowest BCUT2D eigenvalue weighted by Crippen LogP contribution is -2.63. The van der Waals surface area contributed by atoms with Crippen molar-refractivity contribution in [2.45, 2.75) is 79.4 Å². The van der Waals surface area contributed by atoms with Gasteiger partial charge in [0, 0.05) is 0 Å². The molecule has 1 fully saturated rings. The molecule has 1 heterocycles. The average molecular weight is 495 g/mol. The van der Waals surface area contributed by atoms with Crippen LogP contribution in [0, 0.1) is 0 Å². The molecule has 0 aromatic carbocycles. The summed E-state index contributed by atoms with van der Waals surface area (Å²) in [5.74, 6) is 0. The van der Waals surface area contributed by atoms with Gasteiger partial charge >= 0.3 is 0 Å². The maximum absolute atomic E-state index is 10.7. The van der Waals surface area contributed by atoms with E-state index in [4.69, 9.17) is 9.47 Å². The molecule has 0 radical (unpaired) electrons. The van der Waals surface area contributed by atoms with Crippen LogP contribution >= 0.6 is 0 Å². The Morgan fingerprint density at radius 1 is 0.676 bits per heavy atom. The molecule has 196 valence electrons. The molecule has 0 bridgehead atoms. The van der Waals surface area contributed by atoms with Gasteiger partial charge in [0.15, 0.2) is 6.29 Å². The fourth-order valence-electron chi connectivity index (χ4n) is 4.38. The number of nitrogens with one attached hydrogen (secondary N) is 1. The number of rotatable bonds is 7. The van der Waals surface area contributed by atoms with Gasteiger partial charge in [-0.2, -0.15) is 0 Å². The zero-order chi connectivity index (χ0) is 25.3. The van der Waals surface area contributed by atoms with Crippen molar-refractivity contribution >= 4 is 0 Å². The van der Waals surface area contributed by atoms with Crippen molar-refractivity contribution < 1.29 is 65.6 Å². The van der Waals surface area contributed by atoms with Crippen LogP contribution in [0.5, 0.6) is 0 Å². The van der Waals surface area contributed by atoms with E-state index < -0.39 is 99.2 Å². The molecule has 1 aliphatic heterocycles. The van der Waals surface area contributed by atoms with E-state index in [1.807, 2.05) is 0 Å². The minimum absolute atomic E-state index is 0.0319. The normalized spacial score (nSPS) is 47.8. The first-order valence-electron chi connectivity index (χ1n) is 10.8. The van der Waals surface area contributed by atoms with E-state index in [1.54, 1.807) is 0 Å². The molecule has 0 aromatic rings. The quantitative estimate of drug-likeness (QED) is 0.147. The zero-order valence-corrected chi connectivity index (χ0v) is 18.0. The van der Waals surface area contributed by atoms with E-state index in [0.29, 0.717) is 0 Å². The molecular formula is C20H33NO13. The summed E-state index contributed by atoms with van der Waals surface area (Å²) < 4.78 is 10.8. The molecule has 14 nitrogen and oxygen atoms in total. The van der Waals surface area contributed by atoms with Crippen LogP contribution < -0.4 is 5.32 Å². The predicted octanol–water partition coefficient (Wildman–Crippen LogP) is -6.83. The molecule has 2 aliphatic carbocycles. The Morgan fingerprint density at radius 3 is 1.79 bits per heavy atom. The molecule has 34 heavy (non-hydrogen) atoms. The van der Waals surface area contributed by atoms with E-state index >= 15 is 0 Å². The Hall–Kier alpha value is -1.08. The molecule has 1 saturated heterocycles. The monoisotopic (exact) mass is 495 g/mol. The Kier molecular flexibility index (Phi) is 9.16. The van der Waals surface area contributed by atoms with Crippen LogP contribution in [0.2, 0.25) is 0 Å². The molecule has 0 spiro atoms. The van der Waals surface area contributed by atoms with Gasteiger partial charge < -0.3 is 65.6 Å². The number of aliphatic hydroxyl groups is 11. The summed E-state index contributed by atoms with van der Waals surface area (Å²) in [5, 5.41) is 113. The van der Waals surface area contributed by atoms with Crippen LogP contribution in [0.1, 0.15) is 0 Å². The van der Waals surface area contributed by atoms with Gasteiger partial charge in [-0.3, -0.25) is 5.32 Å². The van der Waals surface area contributed by atoms with Crippen molar-refractivity contribution in [3.63, 3.8) is 0 Å². The lowest BCUT2D eigenvalue weighted by molar-refractivity contribution is -0.316. The largest absolute Gasteiger partial charge is 0.394 e. The van der Waals surface area contributed by atoms with Crippen LogP contribution in [-0.2, 0) is 9.47 Å². The minimum Gasteiger partial charge on any atom is -0.394 e. The third kappa shape index (κ3) is 5.21. The highest BCUT2D eigenvalue weighted by Crippen LogP contribution is 2.30. The van der Waals surface area contributed by atoms with Gasteiger partial charge in [-0.05, 0) is 11.1 Å². The summed E-state index contributed by atoms with van der Waals surface area (Å²) >= 11 is 0. The second kappa shape index (κ2) is 11.3. The van der Waals surface area contributed by atoms with Crippen molar-refractivity contribution in [3.8, 4) is 0 Å². The van der Waals surface area contributed by atoms with Crippen molar-refractivity contribution in [1.82, 2.24) is 5.32 Å². The molecule has 0 aromatic heterocycles. The second-order valence-corrected chi connectivity index (χ2v) is 8.68. The summed E-state index contributed by atoms with van der Waals surface area (Å²) in [6.45, 7) is -1.97. The first-order chi connectivity index (χ1) is 16.0. The van der Waals surface area contributed by atoms with Crippen molar-refractivity contribution in [1.29, 1.82) is 0 Å². The van der Waals surface area contributed by atoms with Crippen LogP contribution in [0.15, 0.2) is 23.3 Å². The molecule has 13 atom stereocenters. The maximum Gasteiger partial charge on any atom is 0.187 e. The Labute approximate surface area is 194 Å². The van der Waals surface area contributed by atoms with E-state index in [0.717, 1.165) is 0 Å². The van der Waals surface area contributed by atoms with Crippen LogP contribution in [0.25, 0.3) is 0 Å². The standard InChI is InChI=1S/C20H33NO13/c22-3-6-1-8(12(26)15(29)11(6)25)21-9-2-7(4-23)19(17(31)13(9)27)34-20-18(32)16(30)14(28)10(5-24)33-20/h1-2,8-32H,3-5H2/t8-,9-,10?,11+,12-,13-,14?,15-,16?,17+,18?,19+,20?/m0/s1. The van der Waals surface area contributed by atoms with Gasteiger partial charge in [-0.15, -0.1) is 0 Å². The Bertz CT molecular complexity index is 748. The predicted molar refractivity (Wildman–Crippen MR) is 110 cm³/mol. The highest BCUT2D eigenvalue weighted by Gasteiger charge is 2.48. The topological polar surface area (TPSA) is 253 Å². The third-order valence-electron chi connectivity index (χ3n) is 6.48. The van der Waals surface area contributed by atoms with Gasteiger partial charge in [0.2, 0.25) is 0 Å². The average Bonchev–Trinajstić information content (AvgIpc) is 2.83. The highest BCUT2D eigenvalue weighted by molar-refractivity contribution is 5.26. The summed E-state index contributed by atoms with van der Waals surface area (Å²) in [7, 11) is 0. The van der Waals surface area contributed by atoms with Gasteiger partial charge in [-0.25, -0.2) is 0 Å². The first-order valence-corrected chi connectivity index (χ1v) is 10.8. The molecule has 5 unspecified atom stereocenters. The molecule has 3 aliphatic rings. The zero-order valence-electron chi connectivity index (χ0n) is 18.0. The van der Waals surface area contributed by atoms with Crippen LogP contribution in [0.4, 0.5) is 0 Å². The molecule has 3 rings (SSSR count). The van der Waals surface area contributed by atoms with Crippen molar-refractivity contribution in [3.05, 3.63) is 23.3 Å². The summed E-state index contributed by atoms with van der Waals surface area (Å²) in [4.78, 5) is 0. The summed E-state index contributed by atoms with van der Waals surface area (Å²) in [6, 6.07) is -2.14. The maximum atomic E-state index is 10.7. The lowest BCUT2D eigenvalue weighted by Gasteiger charge is -2.44. The Balaban J connectivity index is 1.79.